The van der Waals surface area contributed by atoms with Gasteiger partial charge in [-0.3, -0.25) is 0 Å². The van der Waals surface area contributed by atoms with Crippen LogP contribution in [-0.4, -0.2) is 38.1 Å². The lowest BCUT2D eigenvalue weighted by molar-refractivity contribution is 0.0591. The summed E-state index contributed by atoms with van der Waals surface area (Å²) in [5.41, 5.74) is 3.00. The first kappa shape index (κ1) is 30.3. The van der Waals surface area contributed by atoms with Crippen molar-refractivity contribution in [3.05, 3.63) is 119 Å². The molecule has 41 heavy (non-hydrogen) atoms. The smallest absolute Gasteiger partial charge is 0.343 e. The third-order valence-corrected chi connectivity index (χ3v) is 5.55. The molecular formula is C33H30O8. The number of esters is 4. The summed E-state index contributed by atoms with van der Waals surface area (Å²) in [5.74, 6) is -1.36. The minimum atomic E-state index is -0.555. The van der Waals surface area contributed by atoms with E-state index >= 15 is 0 Å². The van der Waals surface area contributed by atoms with Crippen molar-refractivity contribution in [2.75, 3.05) is 14.2 Å². The molecule has 0 unspecified atom stereocenters. The molecule has 8 heteroatoms. The number of rotatable bonds is 7. The van der Waals surface area contributed by atoms with Gasteiger partial charge in [-0.05, 0) is 83.9 Å². The molecule has 0 radical (unpaired) electrons. The summed E-state index contributed by atoms with van der Waals surface area (Å²) in [6.07, 6.45) is 1.25. The van der Waals surface area contributed by atoms with Crippen molar-refractivity contribution >= 4 is 23.9 Å². The Kier molecular flexibility index (Phi) is 10.9. The van der Waals surface area contributed by atoms with Crippen LogP contribution in [0.1, 0.15) is 61.7 Å². The number of benzene rings is 4. The second kappa shape index (κ2) is 14.8. The molecule has 0 fully saturated rings. The van der Waals surface area contributed by atoms with Crippen molar-refractivity contribution < 1.29 is 38.1 Å². The maximum absolute atomic E-state index is 12.4. The highest BCUT2D eigenvalue weighted by atomic mass is 16.5. The molecule has 0 aliphatic rings. The lowest BCUT2D eigenvalue weighted by Gasteiger charge is -2.08. The van der Waals surface area contributed by atoms with Gasteiger partial charge < -0.3 is 18.9 Å². The second-order valence-electron chi connectivity index (χ2n) is 8.67. The standard InChI is InChI=1S/C30H22O8.C3H8/c1-35-27(31)21-3-7-23(8-4-21)29(33)37-25-15-11-19(12-16-25)20-13-17-26(18-14-20)38-30(34)24-9-5-22(6-10-24)28(32)36-2;1-3-2/h3-18H,1-2H3;3H2,1-2H3. The SMILES string of the molecule is CCC.COC(=O)c1ccc(C(=O)Oc2ccc(-c3ccc(OC(=O)c4ccc(C(=O)OC)cc4)cc3)cc2)cc1. The number of carbonyl (C=O) groups is 4. The number of hydrogen-bond acceptors (Lipinski definition) is 8. The van der Waals surface area contributed by atoms with Gasteiger partial charge in [0.25, 0.3) is 0 Å². The summed E-state index contributed by atoms with van der Waals surface area (Å²) < 4.78 is 20.1. The monoisotopic (exact) mass is 554 g/mol. The zero-order chi connectivity index (χ0) is 29.8. The first-order chi connectivity index (χ1) is 19.8. The highest BCUT2D eigenvalue weighted by Gasteiger charge is 2.13. The Balaban J connectivity index is 0.00000147. The predicted molar refractivity (Wildman–Crippen MR) is 153 cm³/mol. The summed E-state index contributed by atoms with van der Waals surface area (Å²) in [6.45, 7) is 4.25. The highest BCUT2D eigenvalue weighted by molar-refractivity contribution is 5.95. The van der Waals surface area contributed by atoms with Crippen LogP contribution in [-0.2, 0) is 9.47 Å². The minimum absolute atomic E-state index is 0.297. The van der Waals surface area contributed by atoms with Crippen LogP contribution in [0.2, 0.25) is 0 Å². The molecule has 0 N–H and O–H groups in total. The fourth-order valence-corrected chi connectivity index (χ4v) is 3.48. The Bertz CT molecular complexity index is 1360. The summed E-state index contributed by atoms with van der Waals surface area (Å²) in [5, 5.41) is 0. The topological polar surface area (TPSA) is 105 Å². The maximum Gasteiger partial charge on any atom is 0.343 e. The van der Waals surface area contributed by atoms with Gasteiger partial charge in [0.05, 0.1) is 36.5 Å². The summed E-state index contributed by atoms with van der Waals surface area (Å²) in [7, 11) is 2.57. The minimum Gasteiger partial charge on any atom is -0.465 e. The van der Waals surface area contributed by atoms with Crippen molar-refractivity contribution in [3.8, 4) is 22.6 Å². The number of hydrogen-bond donors (Lipinski definition) is 0. The van der Waals surface area contributed by atoms with Gasteiger partial charge >= 0.3 is 23.9 Å². The van der Waals surface area contributed by atoms with Crippen LogP contribution in [0.25, 0.3) is 11.1 Å². The Morgan fingerprint density at radius 2 is 0.683 bits per heavy atom. The van der Waals surface area contributed by atoms with Gasteiger partial charge in [0.15, 0.2) is 0 Å². The Hall–Kier alpha value is -5.24. The first-order valence-corrected chi connectivity index (χ1v) is 12.8. The molecule has 0 saturated heterocycles. The molecule has 0 spiro atoms. The number of ether oxygens (including phenoxy) is 4. The van der Waals surface area contributed by atoms with E-state index in [1.165, 1.54) is 69.2 Å². The maximum atomic E-state index is 12.4. The predicted octanol–water partition coefficient (Wildman–Crippen LogP) is 6.78. The molecule has 210 valence electrons. The molecule has 4 rings (SSSR count). The van der Waals surface area contributed by atoms with Crippen LogP contribution in [0.5, 0.6) is 11.5 Å². The molecule has 8 nitrogen and oxygen atoms in total. The van der Waals surface area contributed by atoms with E-state index in [9.17, 15) is 19.2 Å². The normalized spacial score (nSPS) is 9.95. The van der Waals surface area contributed by atoms with Gasteiger partial charge in [-0.2, -0.15) is 0 Å². The van der Waals surface area contributed by atoms with Crippen molar-refractivity contribution in [1.82, 2.24) is 0 Å². The van der Waals surface area contributed by atoms with Gasteiger partial charge in [-0.25, -0.2) is 19.2 Å². The molecule has 4 aromatic carbocycles. The van der Waals surface area contributed by atoms with Crippen LogP contribution in [0.15, 0.2) is 97.1 Å². The average Bonchev–Trinajstić information content (AvgIpc) is 3.01. The Morgan fingerprint density at radius 1 is 0.439 bits per heavy atom. The molecular weight excluding hydrogens is 524 g/mol. The van der Waals surface area contributed by atoms with E-state index in [1.54, 1.807) is 48.5 Å². The summed E-state index contributed by atoms with van der Waals surface area (Å²) in [6, 6.07) is 25.8. The average molecular weight is 555 g/mol. The summed E-state index contributed by atoms with van der Waals surface area (Å²) >= 11 is 0. The quantitative estimate of drug-likeness (QED) is 0.182. The van der Waals surface area contributed by atoms with Gasteiger partial charge in [-0.1, -0.05) is 44.5 Å². The molecule has 0 bridgehead atoms. The molecule has 0 aliphatic heterocycles. The largest absolute Gasteiger partial charge is 0.465 e. The lowest BCUT2D eigenvalue weighted by atomic mass is 10.1. The van der Waals surface area contributed by atoms with E-state index in [0.717, 1.165) is 11.1 Å². The number of carbonyl (C=O) groups excluding carboxylic acids is 4. The lowest BCUT2D eigenvalue weighted by Crippen LogP contribution is -2.09. The molecule has 0 aromatic heterocycles. The second-order valence-corrected chi connectivity index (χ2v) is 8.67. The molecule has 0 heterocycles. The zero-order valence-electron chi connectivity index (χ0n) is 23.2. The van der Waals surface area contributed by atoms with Gasteiger partial charge in [0.1, 0.15) is 11.5 Å². The van der Waals surface area contributed by atoms with Gasteiger partial charge in [-0.15, -0.1) is 0 Å². The Labute approximate surface area is 238 Å². The third kappa shape index (κ3) is 8.37. The van der Waals surface area contributed by atoms with Crippen LogP contribution >= 0.6 is 0 Å². The van der Waals surface area contributed by atoms with E-state index in [4.69, 9.17) is 9.47 Å². The van der Waals surface area contributed by atoms with Crippen molar-refractivity contribution in [2.24, 2.45) is 0 Å². The first-order valence-electron chi connectivity index (χ1n) is 12.8. The van der Waals surface area contributed by atoms with Crippen LogP contribution < -0.4 is 9.47 Å². The van der Waals surface area contributed by atoms with Gasteiger partial charge in [0.2, 0.25) is 0 Å². The van der Waals surface area contributed by atoms with E-state index in [1.807, 2.05) is 0 Å². The van der Waals surface area contributed by atoms with E-state index in [0.29, 0.717) is 33.8 Å². The fourth-order valence-electron chi connectivity index (χ4n) is 3.48. The van der Waals surface area contributed by atoms with Crippen LogP contribution in [0, 0.1) is 0 Å². The van der Waals surface area contributed by atoms with E-state index in [2.05, 4.69) is 23.3 Å². The van der Waals surface area contributed by atoms with Crippen molar-refractivity contribution in [1.29, 1.82) is 0 Å². The Morgan fingerprint density at radius 3 is 0.927 bits per heavy atom. The van der Waals surface area contributed by atoms with Gasteiger partial charge in [0, 0.05) is 0 Å². The van der Waals surface area contributed by atoms with Crippen LogP contribution in [0.4, 0.5) is 0 Å². The summed E-state index contributed by atoms with van der Waals surface area (Å²) in [4.78, 5) is 47.9. The molecule has 4 aromatic rings. The molecule has 0 aliphatic carbocycles. The fraction of sp³-hybridized carbons (Fsp3) is 0.152. The van der Waals surface area contributed by atoms with Crippen molar-refractivity contribution in [3.63, 3.8) is 0 Å². The third-order valence-electron chi connectivity index (χ3n) is 5.55. The van der Waals surface area contributed by atoms with Crippen LogP contribution in [0.3, 0.4) is 0 Å². The van der Waals surface area contributed by atoms with E-state index < -0.39 is 23.9 Å². The highest BCUT2D eigenvalue weighted by Crippen LogP contribution is 2.25. The molecule has 0 amide bonds. The molecule has 0 saturated carbocycles. The van der Waals surface area contributed by atoms with Crippen molar-refractivity contribution in [2.45, 2.75) is 20.3 Å². The zero-order valence-corrected chi connectivity index (χ0v) is 23.2. The molecule has 0 atom stereocenters. The number of methoxy groups -OCH3 is 2. The van der Waals surface area contributed by atoms with E-state index in [-0.39, 0.29) is 0 Å².